The van der Waals surface area contributed by atoms with Gasteiger partial charge in [-0.15, -0.1) is 10.2 Å². The molecule has 6 nitrogen and oxygen atoms in total. The third-order valence-electron chi connectivity index (χ3n) is 4.38. The Hall–Kier alpha value is -2.29. The van der Waals surface area contributed by atoms with E-state index in [0.29, 0.717) is 6.54 Å². The van der Waals surface area contributed by atoms with E-state index in [1.807, 2.05) is 37.3 Å². The summed E-state index contributed by atoms with van der Waals surface area (Å²) < 4.78 is 1.09. The van der Waals surface area contributed by atoms with Gasteiger partial charge in [-0.05, 0) is 43.2 Å². The minimum atomic E-state index is -0.0130. The van der Waals surface area contributed by atoms with Crippen LogP contribution in [0.3, 0.4) is 0 Å². The average Bonchev–Trinajstić information content (AvgIpc) is 3.29. The molecule has 0 radical (unpaired) electrons. The Balaban J connectivity index is 1.41. The Bertz CT molecular complexity index is 1070. The number of rotatable bonds is 6. The molecule has 0 aliphatic heterocycles. The molecule has 0 aliphatic rings. The minimum absolute atomic E-state index is 0.0130. The van der Waals surface area contributed by atoms with Gasteiger partial charge >= 0.3 is 0 Å². The summed E-state index contributed by atoms with van der Waals surface area (Å²) in [5.41, 5.74) is 10.5. The normalized spacial score (nSPS) is 12.4. The molecule has 2 heterocycles. The number of anilines is 1. The third-order valence-corrected chi connectivity index (χ3v) is 6.08. The molecule has 0 unspecified atom stereocenters. The molecule has 1 atom stereocenters. The zero-order valence-electron chi connectivity index (χ0n) is 14.7. The molecule has 2 aromatic heterocycles. The number of halogens is 1. The van der Waals surface area contributed by atoms with Gasteiger partial charge in [0, 0.05) is 28.0 Å². The van der Waals surface area contributed by atoms with Crippen molar-refractivity contribution in [1.82, 2.24) is 20.4 Å². The highest BCUT2D eigenvalue weighted by atomic mass is 79.9. The van der Waals surface area contributed by atoms with E-state index in [4.69, 9.17) is 5.73 Å². The molecule has 2 aromatic carbocycles. The number of H-pyrrole nitrogens is 1. The molecular formula is C19H19BrN6S. The van der Waals surface area contributed by atoms with Gasteiger partial charge in [0.05, 0.1) is 11.2 Å². The second-order valence-electron chi connectivity index (χ2n) is 6.42. The maximum absolute atomic E-state index is 6.27. The van der Waals surface area contributed by atoms with E-state index in [9.17, 15) is 0 Å². The largest absolute Gasteiger partial charge is 0.359 e. The van der Waals surface area contributed by atoms with Gasteiger partial charge in [-0.1, -0.05) is 45.5 Å². The number of nitrogens with zero attached hydrogens (tertiary/aromatic N) is 3. The fourth-order valence-electron chi connectivity index (χ4n) is 2.93. The van der Waals surface area contributed by atoms with Crippen LogP contribution in [0.1, 0.15) is 11.3 Å². The monoisotopic (exact) mass is 442 g/mol. The van der Waals surface area contributed by atoms with Crippen LogP contribution in [0.2, 0.25) is 0 Å². The summed E-state index contributed by atoms with van der Waals surface area (Å²) in [5, 5.41) is 21.9. The first-order valence-corrected chi connectivity index (χ1v) is 10.2. The van der Waals surface area contributed by atoms with Gasteiger partial charge in [-0.25, -0.2) is 0 Å². The van der Waals surface area contributed by atoms with Crippen molar-refractivity contribution in [1.29, 1.82) is 0 Å². The highest BCUT2D eigenvalue weighted by Crippen LogP contribution is 2.29. The van der Waals surface area contributed by atoms with Crippen LogP contribution in [0.5, 0.6) is 0 Å². The summed E-state index contributed by atoms with van der Waals surface area (Å²) in [7, 11) is 0. The van der Waals surface area contributed by atoms with Gasteiger partial charge < -0.3 is 11.1 Å². The van der Waals surface area contributed by atoms with Crippen LogP contribution in [0.15, 0.2) is 46.9 Å². The van der Waals surface area contributed by atoms with Crippen LogP contribution in [0.25, 0.3) is 21.5 Å². The van der Waals surface area contributed by atoms with E-state index >= 15 is 0 Å². The van der Waals surface area contributed by atoms with Crippen molar-refractivity contribution in [2.75, 3.05) is 11.9 Å². The van der Waals surface area contributed by atoms with Gasteiger partial charge in [0.2, 0.25) is 5.13 Å². The molecule has 0 spiro atoms. The van der Waals surface area contributed by atoms with Crippen LogP contribution in [-0.2, 0) is 6.42 Å². The van der Waals surface area contributed by atoms with Gasteiger partial charge in [0.25, 0.3) is 0 Å². The Morgan fingerprint density at radius 3 is 2.93 bits per heavy atom. The molecule has 4 aromatic rings. The van der Waals surface area contributed by atoms with Crippen LogP contribution in [-0.4, -0.2) is 33.0 Å². The molecule has 0 saturated carbocycles. The average molecular weight is 443 g/mol. The van der Waals surface area contributed by atoms with Crippen LogP contribution in [0.4, 0.5) is 5.13 Å². The van der Waals surface area contributed by atoms with Gasteiger partial charge in [0.15, 0.2) is 0 Å². The molecule has 138 valence electrons. The molecule has 0 fully saturated rings. The minimum Gasteiger partial charge on any atom is -0.359 e. The lowest BCUT2D eigenvalue weighted by molar-refractivity contribution is 0.696. The van der Waals surface area contributed by atoms with Crippen molar-refractivity contribution in [2.24, 2.45) is 5.73 Å². The number of nitrogens with one attached hydrogen (secondary N) is 2. The van der Waals surface area contributed by atoms with E-state index in [-0.39, 0.29) is 6.04 Å². The summed E-state index contributed by atoms with van der Waals surface area (Å²) in [4.78, 5) is 0. The number of benzene rings is 2. The maximum atomic E-state index is 6.27. The molecule has 0 aliphatic carbocycles. The standard InChI is InChI=1S/C19H19BrN6S/c1-11-15-9-13(6-7-17(15)24-23-11)18-25-26-19(27-18)22-10-14(21)8-12-4-2-3-5-16(12)20/h2-7,9,14H,8,10,21H2,1H3,(H,22,26)(H,23,24)/t14-/m1/s1. The van der Waals surface area contributed by atoms with E-state index < -0.39 is 0 Å². The summed E-state index contributed by atoms with van der Waals surface area (Å²) in [6, 6.07) is 14.3. The molecule has 4 N–H and O–H groups in total. The SMILES string of the molecule is Cc1n[nH]c2ccc(-c3nnc(NC[C@H](N)Cc4ccccc4Br)s3)cc12. The van der Waals surface area contributed by atoms with E-state index in [1.54, 1.807) is 0 Å². The van der Waals surface area contributed by atoms with E-state index in [0.717, 1.165) is 43.2 Å². The van der Waals surface area contributed by atoms with E-state index in [2.05, 4.69) is 53.8 Å². The fourth-order valence-corrected chi connectivity index (χ4v) is 4.12. The number of aromatic amines is 1. The lowest BCUT2D eigenvalue weighted by Crippen LogP contribution is -2.31. The quantitative estimate of drug-likeness (QED) is 0.417. The summed E-state index contributed by atoms with van der Waals surface area (Å²) in [6.45, 7) is 2.62. The Morgan fingerprint density at radius 2 is 2.07 bits per heavy atom. The summed E-state index contributed by atoms with van der Waals surface area (Å²) in [6.07, 6.45) is 0.788. The van der Waals surface area contributed by atoms with Crippen molar-refractivity contribution >= 4 is 43.3 Å². The number of aromatic nitrogens is 4. The highest BCUT2D eigenvalue weighted by molar-refractivity contribution is 9.10. The number of aryl methyl sites for hydroxylation is 1. The topological polar surface area (TPSA) is 92.5 Å². The lowest BCUT2D eigenvalue weighted by Gasteiger charge is -2.13. The van der Waals surface area contributed by atoms with Gasteiger partial charge in [0.1, 0.15) is 5.01 Å². The second kappa shape index (κ2) is 7.75. The Kier molecular flexibility index (Phi) is 5.20. The highest BCUT2D eigenvalue weighted by Gasteiger charge is 2.11. The first-order valence-electron chi connectivity index (χ1n) is 8.61. The van der Waals surface area contributed by atoms with Gasteiger partial charge in [-0.2, -0.15) is 5.10 Å². The third kappa shape index (κ3) is 4.02. The van der Waals surface area contributed by atoms with Crippen molar-refractivity contribution in [3.05, 3.63) is 58.2 Å². The smallest absolute Gasteiger partial charge is 0.206 e. The van der Waals surface area contributed by atoms with Crippen LogP contribution in [0, 0.1) is 6.92 Å². The number of hydrogen-bond acceptors (Lipinski definition) is 6. The Labute approximate surface area is 169 Å². The van der Waals surface area contributed by atoms with Crippen molar-refractivity contribution in [2.45, 2.75) is 19.4 Å². The fraction of sp³-hybridized carbons (Fsp3) is 0.211. The van der Waals surface area contributed by atoms with Crippen molar-refractivity contribution in [3.63, 3.8) is 0 Å². The summed E-state index contributed by atoms with van der Waals surface area (Å²) in [5.74, 6) is 0. The molecule has 0 saturated heterocycles. The first-order chi connectivity index (χ1) is 13.1. The molecule has 8 heteroatoms. The maximum Gasteiger partial charge on any atom is 0.206 e. The van der Waals surface area contributed by atoms with Gasteiger partial charge in [-0.3, -0.25) is 5.10 Å². The Morgan fingerprint density at radius 1 is 1.22 bits per heavy atom. The first kappa shape index (κ1) is 18.1. The predicted molar refractivity (Wildman–Crippen MR) is 114 cm³/mol. The lowest BCUT2D eigenvalue weighted by atomic mass is 10.1. The number of nitrogens with two attached hydrogens (primary N) is 1. The van der Waals surface area contributed by atoms with Crippen molar-refractivity contribution < 1.29 is 0 Å². The van der Waals surface area contributed by atoms with Crippen LogP contribution >= 0.6 is 27.3 Å². The summed E-state index contributed by atoms with van der Waals surface area (Å²) >= 11 is 5.09. The predicted octanol–water partition coefficient (Wildman–Crippen LogP) is 4.13. The zero-order valence-corrected chi connectivity index (χ0v) is 17.1. The number of hydrogen-bond donors (Lipinski definition) is 3. The van der Waals surface area contributed by atoms with E-state index in [1.165, 1.54) is 16.9 Å². The molecular weight excluding hydrogens is 424 g/mol. The molecule has 27 heavy (non-hydrogen) atoms. The number of fused-ring (bicyclic) bond motifs is 1. The zero-order chi connectivity index (χ0) is 18.8. The van der Waals surface area contributed by atoms with Crippen LogP contribution < -0.4 is 11.1 Å². The molecule has 0 bridgehead atoms. The molecule has 0 amide bonds. The second-order valence-corrected chi connectivity index (χ2v) is 8.25. The molecule has 4 rings (SSSR count). The van der Waals surface area contributed by atoms with Crippen molar-refractivity contribution in [3.8, 4) is 10.6 Å².